The summed E-state index contributed by atoms with van der Waals surface area (Å²) < 4.78 is 4.84. The highest BCUT2D eigenvalue weighted by Crippen LogP contribution is 2.40. The van der Waals surface area contributed by atoms with E-state index in [9.17, 15) is 14.4 Å². The van der Waals surface area contributed by atoms with E-state index in [2.05, 4.69) is 0 Å². The number of ketones is 2. The summed E-state index contributed by atoms with van der Waals surface area (Å²) in [6.07, 6.45) is 0. The highest BCUT2D eigenvalue weighted by molar-refractivity contribution is 6.42. The minimum atomic E-state index is -1.44. The Morgan fingerprint density at radius 2 is 1.81 bits per heavy atom. The first-order chi connectivity index (χ1) is 9.71. The molecule has 0 fully saturated rings. The zero-order valence-electron chi connectivity index (χ0n) is 11.8. The highest BCUT2D eigenvalue weighted by atomic mass is 35.5. The summed E-state index contributed by atoms with van der Waals surface area (Å²) >= 11 is 11.9. The number of rotatable bonds is 2. The van der Waals surface area contributed by atoms with Gasteiger partial charge in [0.2, 0.25) is 0 Å². The topological polar surface area (TPSA) is 60.4 Å². The Kier molecular flexibility index (Phi) is 4.13. The van der Waals surface area contributed by atoms with E-state index in [0.717, 1.165) is 0 Å². The van der Waals surface area contributed by atoms with Crippen LogP contribution in [0.5, 0.6) is 0 Å². The molecular formula is C15H14Cl2O4. The van der Waals surface area contributed by atoms with Gasteiger partial charge < -0.3 is 4.74 Å². The lowest BCUT2D eigenvalue weighted by Gasteiger charge is -2.34. The maximum atomic E-state index is 12.5. The molecule has 1 unspecified atom stereocenters. The van der Waals surface area contributed by atoms with Crippen LogP contribution in [-0.4, -0.2) is 24.1 Å². The van der Waals surface area contributed by atoms with Crippen LogP contribution in [0, 0.1) is 5.92 Å². The second kappa shape index (κ2) is 5.43. The summed E-state index contributed by atoms with van der Waals surface area (Å²) in [6.45, 7) is 5.02. The first-order valence-electron chi connectivity index (χ1n) is 6.46. The van der Waals surface area contributed by atoms with E-state index in [-0.39, 0.29) is 22.2 Å². The fraction of sp³-hybridized carbons (Fsp3) is 0.400. The fourth-order valence-corrected chi connectivity index (χ4v) is 2.80. The Morgan fingerprint density at radius 1 is 1.24 bits per heavy atom. The molecule has 21 heavy (non-hydrogen) atoms. The quantitative estimate of drug-likeness (QED) is 0.617. The van der Waals surface area contributed by atoms with E-state index in [4.69, 9.17) is 27.9 Å². The molecule has 6 heteroatoms. The van der Waals surface area contributed by atoms with Gasteiger partial charge in [0.05, 0.1) is 22.1 Å². The molecule has 1 aromatic rings. The van der Waals surface area contributed by atoms with E-state index in [1.54, 1.807) is 20.8 Å². The fourth-order valence-electron chi connectivity index (χ4n) is 2.48. The number of ether oxygens (including phenoxy) is 1. The number of benzene rings is 1. The molecular weight excluding hydrogens is 315 g/mol. The first-order valence-corrected chi connectivity index (χ1v) is 7.22. The summed E-state index contributed by atoms with van der Waals surface area (Å²) in [5, 5.41) is 0.468. The van der Waals surface area contributed by atoms with Crippen molar-refractivity contribution in [1.29, 1.82) is 0 Å². The Hall–Kier alpha value is -1.39. The molecule has 0 heterocycles. The van der Waals surface area contributed by atoms with Gasteiger partial charge in [0.25, 0.3) is 0 Å². The Balaban J connectivity index is 2.64. The van der Waals surface area contributed by atoms with E-state index in [1.165, 1.54) is 12.1 Å². The number of fused-ring (bicyclic) bond motifs is 1. The normalized spacial score (nSPS) is 20.1. The third-order valence-electron chi connectivity index (χ3n) is 3.66. The number of carbonyl (C=O) groups is 3. The number of Topliss-reactive ketones (excluding diaryl/α,β-unsaturated/α-hetero) is 2. The molecule has 2 rings (SSSR count). The van der Waals surface area contributed by atoms with Crippen LogP contribution in [0.1, 0.15) is 36.7 Å². The van der Waals surface area contributed by atoms with Crippen LogP contribution >= 0.6 is 23.2 Å². The number of halogens is 2. The lowest BCUT2D eigenvalue weighted by Crippen LogP contribution is -2.48. The van der Waals surface area contributed by atoms with Crippen molar-refractivity contribution in [2.45, 2.75) is 26.2 Å². The van der Waals surface area contributed by atoms with E-state index < -0.39 is 28.9 Å². The molecule has 0 N–H and O–H groups in total. The van der Waals surface area contributed by atoms with Gasteiger partial charge in [-0.3, -0.25) is 14.4 Å². The standard InChI is InChI=1S/C15H14Cl2O4/c1-4-21-14(20)11-12(18)7-5-9(16)10(17)6-8(7)15(2,3)13(11)19/h5-6,11H,4H2,1-3H3. The second-order valence-electron chi connectivity index (χ2n) is 5.35. The molecule has 0 saturated carbocycles. The summed E-state index contributed by atoms with van der Waals surface area (Å²) in [7, 11) is 0. The van der Waals surface area contributed by atoms with Gasteiger partial charge >= 0.3 is 5.97 Å². The molecule has 0 saturated heterocycles. The SMILES string of the molecule is CCOC(=O)C1C(=O)c2cc(Cl)c(Cl)cc2C(C)(C)C1=O. The Bertz CT molecular complexity index is 649. The van der Waals surface area contributed by atoms with Gasteiger partial charge in [0, 0.05) is 5.56 Å². The number of hydrogen-bond donors (Lipinski definition) is 0. The molecule has 1 aliphatic rings. The van der Waals surface area contributed by atoms with Crippen molar-refractivity contribution >= 4 is 40.7 Å². The van der Waals surface area contributed by atoms with Gasteiger partial charge in [-0.15, -0.1) is 0 Å². The van der Waals surface area contributed by atoms with Crippen LogP contribution < -0.4 is 0 Å². The summed E-state index contributed by atoms with van der Waals surface area (Å²) in [6, 6.07) is 2.92. The van der Waals surface area contributed by atoms with Gasteiger partial charge in [0.1, 0.15) is 0 Å². The molecule has 0 spiro atoms. The zero-order valence-corrected chi connectivity index (χ0v) is 13.3. The van der Waals surface area contributed by atoms with Crippen LogP contribution in [0.3, 0.4) is 0 Å². The Morgan fingerprint density at radius 3 is 2.38 bits per heavy atom. The average Bonchev–Trinajstić information content (AvgIpc) is 2.40. The van der Waals surface area contributed by atoms with Gasteiger partial charge in [-0.25, -0.2) is 0 Å². The highest BCUT2D eigenvalue weighted by Gasteiger charge is 2.50. The monoisotopic (exact) mass is 328 g/mol. The van der Waals surface area contributed by atoms with Crippen molar-refractivity contribution in [1.82, 2.24) is 0 Å². The molecule has 1 aliphatic carbocycles. The third-order valence-corrected chi connectivity index (χ3v) is 4.38. The van der Waals surface area contributed by atoms with Crippen LogP contribution in [0.4, 0.5) is 0 Å². The molecule has 0 bridgehead atoms. The first kappa shape index (κ1) is 16.0. The van der Waals surface area contributed by atoms with Gasteiger partial charge in [-0.05, 0) is 38.5 Å². The largest absolute Gasteiger partial charge is 0.465 e. The maximum absolute atomic E-state index is 12.5. The molecule has 1 atom stereocenters. The van der Waals surface area contributed by atoms with Crippen LogP contribution in [0.25, 0.3) is 0 Å². The third kappa shape index (κ3) is 2.47. The summed E-state index contributed by atoms with van der Waals surface area (Å²) in [5.74, 6) is -3.34. The van der Waals surface area contributed by atoms with Gasteiger partial charge in [-0.2, -0.15) is 0 Å². The van der Waals surface area contributed by atoms with Crippen LogP contribution in [0.2, 0.25) is 10.0 Å². The molecule has 0 aliphatic heterocycles. The number of esters is 1. The lowest BCUT2D eigenvalue weighted by molar-refractivity contribution is -0.150. The van der Waals surface area contributed by atoms with Crippen molar-refractivity contribution in [3.8, 4) is 0 Å². The maximum Gasteiger partial charge on any atom is 0.324 e. The molecule has 1 aromatic carbocycles. The summed E-state index contributed by atoms with van der Waals surface area (Å²) in [4.78, 5) is 37.0. The van der Waals surface area contributed by atoms with Gasteiger partial charge in [0.15, 0.2) is 17.5 Å². The van der Waals surface area contributed by atoms with Crippen molar-refractivity contribution in [3.63, 3.8) is 0 Å². The number of hydrogen-bond acceptors (Lipinski definition) is 4. The molecule has 0 amide bonds. The van der Waals surface area contributed by atoms with Crippen molar-refractivity contribution in [2.24, 2.45) is 5.92 Å². The summed E-state index contributed by atoms with van der Waals surface area (Å²) in [5.41, 5.74) is -0.297. The van der Waals surface area contributed by atoms with Crippen molar-refractivity contribution in [3.05, 3.63) is 33.3 Å². The second-order valence-corrected chi connectivity index (χ2v) is 6.16. The van der Waals surface area contributed by atoms with Crippen LogP contribution in [-0.2, 0) is 19.7 Å². The average molecular weight is 329 g/mol. The molecule has 0 aromatic heterocycles. The van der Waals surface area contributed by atoms with Crippen molar-refractivity contribution in [2.75, 3.05) is 6.61 Å². The van der Waals surface area contributed by atoms with Crippen LogP contribution in [0.15, 0.2) is 12.1 Å². The van der Waals surface area contributed by atoms with E-state index in [0.29, 0.717) is 5.56 Å². The minimum Gasteiger partial charge on any atom is -0.465 e. The molecule has 112 valence electrons. The van der Waals surface area contributed by atoms with E-state index in [1.807, 2.05) is 0 Å². The smallest absolute Gasteiger partial charge is 0.324 e. The lowest BCUT2D eigenvalue weighted by atomic mass is 9.67. The zero-order chi connectivity index (χ0) is 15.9. The van der Waals surface area contributed by atoms with E-state index >= 15 is 0 Å². The molecule has 4 nitrogen and oxygen atoms in total. The minimum absolute atomic E-state index is 0.102. The molecule has 0 radical (unpaired) electrons. The predicted molar refractivity (Wildman–Crippen MR) is 78.9 cm³/mol. The van der Waals surface area contributed by atoms with Gasteiger partial charge in [-0.1, -0.05) is 23.2 Å². The predicted octanol–water partition coefficient (Wildman–Crippen LogP) is 3.22. The number of carbonyl (C=O) groups excluding carboxylic acids is 3. The van der Waals surface area contributed by atoms with Crippen molar-refractivity contribution < 1.29 is 19.1 Å². The Labute approximate surface area is 132 Å².